The molecule has 0 saturated carbocycles. The molecular formula is C13H15FN4OS. The lowest BCUT2D eigenvalue weighted by atomic mass is 10.2. The molecule has 0 bridgehead atoms. The van der Waals surface area contributed by atoms with E-state index in [1.165, 1.54) is 22.7 Å². The number of thioether (sulfide) groups is 1. The Kier molecular flexibility index (Phi) is 4.39. The van der Waals surface area contributed by atoms with Crippen LogP contribution in [0.4, 0.5) is 4.39 Å². The third kappa shape index (κ3) is 2.98. The van der Waals surface area contributed by atoms with E-state index in [4.69, 9.17) is 0 Å². The van der Waals surface area contributed by atoms with Gasteiger partial charge in [-0.05, 0) is 12.1 Å². The number of aromatic nitrogens is 3. The second kappa shape index (κ2) is 6.04. The van der Waals surface area contributed by atoms with Gasteiger partial charge in [-0.3, -0.25) is 4.79 Å². The molecule has 0 fully saturated rings. The molecule has 1 amide bonds. The summed E-state index contributed by atoms with van der Waals surface area (Å²) in [6, 6.07) is 6.40. The van der Waals surface area contributed by atoms with Gasteiger partial charge in [0.25, 0.3) is 0 Å². The first-order chi connectivity index (χ1) is 9.50. The van der Waals surface area contributed by atoms with Crippen LogP contribution >= 0.6 is 11.8 Å². The van der Waals surface area contributed by atoms with Crippen molar-refractivity contribution in [2.45, 2.75) is 5.16 Å². The fourth-order valence-electron chi connectivity index (χ4n) is 1.57. The highest BCUT2D eigenvalue weighted by Gasteiger charge is 2.15. The highest BCUT2D eigenvalue weighted by Crippen LogP contribution is 2.24. The molecule has 106 valence electrons. The zero-order valence-corrected chi connectivity index (χ0v) is 12.3. The molecule has 0 radical (unpaired) electrons. The van der Waals surface area contributed by atoms with Crippen LogP contribution in [-0.2, 0) is 11.8 Å². The monoisotopic (exact) mass is 294 g/mol. The molecule has 0 aliphatic rings. The molecule has 20 heavy (non-hydrogen) atoms. The Labute approximate surface area is 120 Å². The predicted molar refractivity (Wildman–Crippen MR) is 75.8 cm³/mol. The normalized spacial score (nSPS) is 10.6. The van der Waals surface area contributed by atoms with E-state index in [2.05, 4.69) is 10.2 Å². The van der Waals surface area contributed by atoms with Crippen LogP contribution in [0.2, 0.25) is 0 Å². The smallest absolute Gasteiger partial charge is 0.232 e. The molecular weight excluding hydrogens is 279 g/mol. The first-order valence-corrected chi connectivity index (χ1v) is 6.96. The van der Waals surface area contributed by atoms with Gasteiger partial charge in [0.2, 0.25) is 5.91 Å². The molecule has 0 atom stereocenters. The zero-order valence-electron chi connectivity index (χ0n) is 11.5. The lowest BCUT2D eigenvalue weighted by molar-refractivity contribution is -0.125. The summed E-state index contributed by atoms with van der Waals surface area (Å²) in [5.74, 6) is 0.369. The van der Waals surface area contributed by atoms with Crippen LogP contribution in [0.5, 0.6) is 0 Å². The average Bonchev–Trinajstić information content (AvgIpc) is 2.78. The lowest BCUT2D eigenvalue weighted by Gasteiger charge is -2.09. The summed E-state index contributed by atoms with van der Waals surface area (Å²) >= 11 is 1.28. The summed E-state index contributed by atoms with van der Waals surface area (Å²) in [5, 5.41) is 8.58. The highest BCUT2D eigenvalue weighted by molar-refractivity contribution is 7.99. The van der Waals surface area contributed by atoms with E-state index in [1.54, 1.807) is 43.9 Å². The predicted octanol–water partition coefficient (Wildman–Crippen LogP) is 1.80. The van der Waals surface area contributed by atoms with E-state index in [0.29, 0.717) is 16.5 Å². The minimum absolute atomic E-state index is 0.00885. The van der Waals surface area contributed by atoms with Gasteiger partial charge in [0.05, 0.1) is 11.3 Å². The van der Waals surface area contributed by atoms with Gasteiger partial charge in [0.1, 0.15) is 5.82 Å². The maximum absolute atomic E-state index is 13.7. The third-order valence-corrected chi connectivity index (χ3v) is 3.78. The average molecular weight is 294 g/mol. The van der Waals surface area contributed by atoms with Crippen molar-refractivity contribution >= 4 is 17.7 Å². The molecule has 1 aromatic heterocycles. The molecule has 1 aromatic carbocycles. The number of amides is 1. The van der Waals surface area contributed by atoms with Crippen LogP contribution in [0.15, 0.2) is 29.4 Å². The minimum Gasteiger partial charge on any atom is -0.348 e. The number of nitrogens with zero attached hydrogens (tertiary/aromatic N) is 4. The number of carbonyl (C=O) groups is 1. The molecule has 0 N–H and O–H groups in total. The van der Waals surface area contributed by atoms with Crippen molar-refractivity contribution in [1.82, 2.24) is 19.7 Å². The molecule has 0 saturated heterocycles. The Morgan fingerprint density at radius 1 is 1.35 bits per heavy atom. The van der Waals surface area contributed by atoms with Crippen molar-refractivity contribution in [3.63, 3.8) is 0 Å². The largest absolute Gasteiger partial charge is 0.348 e. The molecule has 0 unspecified atom stereocenters. The van der Waals surface area contributed by atoms with E-state index >= 15 is 0 Å². The maximum Gasteiger partial charge on any atom is 0.232 e. The topological polar surface area (TPSA) is 51.0 Å². The van der Waals surface area contributed by atoms with Crippen LogP contribution < -0.4 is 0 Å². The first kappa shape index (κ1) is 14.5. The standard InChI is InChI=1S/C13H15FN4OS/c1-17(2)11(19)8-20-13-16-15-12(18(13)3)9-6-4-5-7-10(9)14/h4-7H,8H2,1-3H3. The third-order valence-electron chi connectivity index (χ3n) is 2.77. The Balaban J connectivity index is 2.20. The van der Waals surface area contributed by atoms with Gasteiger partial charge in [0.15, 0.2) is 11.0 Å². The number of halogens is 1. The number of carbonyl (C=O) groups excluding carboxylic acids is 1. The zero-order chi connectivity index (χ0) is 14.7. The van der Waals surface area contributed by atoms with E-state index in [9.17, 15) is 9.18 Å². The minimum atomic E-state index is -0.344. The van der Waals surface area contributed by atoms with Crippen molar-refractivity contribution < 1.29 is 9.18 Å². The summed E-state index contributed by atoms with van der Waals surface area (Å²) in [7, 11) is 5.15. The van der Waals surface area contributed by atoms with Gasteiger partial charge in [-0.2, -0.15) is 0 Å². The molecule has 2 rings (SSSR count). The first-order valence-electron chi connectivity index (χ1n) is 5.98. The lowest BCUT2D eigenvalue weighted by Crippen LogP contribution is -2.23. The van der Waals surface area contributed by atoms with Crippen LogP contribution in [0.3, 0.4) is 0 Å². The summed E-state index contributed by atoms with van der Waals surface area (Å²) in [5.41, 5.74) is 0.397. The van der Waals surface area contributed by atoms with Gasteiger partial charge < -0.3 is 9.47 Å². The molecule has 7 heteroatoms. The van der Waals surface area contributed by atoms with Crippen molar-refractivity contribution in [2.75, 3.05) is 19.8 Å². The quantitative estimate of drug-likeness (QED) is 0.807. The number of hydrogen-bond donors (Lipinski definition) is 0. The Morgan fingerprint density at radius 2 is 2.05 bits per heavy atom. The van der Waals surface area contributed by atoms with E-state index in [-0.39, 0.29) is 17.5 Å². The molecule has 5 nitrogen and oxygen atoms in total. The molecule has 2 aromatic rings. The number of benzene rings is 1. The maximum atomic E-state index is 13.7. The van der Waals surface area contributed by atoms with Gasteiger partial charge >= 0.3 is 0 Å². The Hall–Kier alpha value is -1.89. The SMILES string of the molecule is CN(C)C(=O)CSc1nnc(-c2ccccc2F)n1C. The van der Waals surface area contributed by atoms with Crippen molar-refractivity contribution in [1.29, 1.82) is 0 Å². The van der Waals surface area contributed by atoms with Gasteiger partial charge in [-0.15, -0.1) is 10.2 Å². The van der Waals surface area contributed by atoms with E-state index in [0.717, 1.165) is 0 Å². The fourth-order valence-corrected chi connectivity index (χ4v) is 2.46. The van der Waals surface area contributed by atoms with Crippen LogP contribution in [0, 0.1) is 5.82 Å². The second-order valence-electron chi connectivity index (χ2n) is 4.42. The van der Waals surface area contributed by atoms with Crippen LogP contribution in [0.1, 0.15) is 0 Å². The summed E-state index contributed by atoms with van der Waals surface area (Å²) in [6.45, 7) is 0. The van der Waals surface area contributed by atoms with Crippen molar-refractivity contribution in [3.8, 4) is 11.4 Å². The number of hydrogen-bond acceptors (Lipinski definition) is 4. The van der Waals surface area contributed by atoms with Crippen LogP contribution in [-0.4, -0.2) is 45.4 Å². The second-order valence-corrected chi connectivity index (χ2v) is 5.36. The molecule has 1 heterocycles. The Morgan fingerprint density at radius 3 is 2.70 bits per heavy atom. The fraction of sp³-hybridized carbons (Fsp3) is 0.308. The molecule has 0 spiro atoms. The summed E-state index contributed by atoms with van der Waals surface area (Å²) < 4.78 is 15.4. The van der Waals surface area contributed by atoms with Gasteiger partial charge in [-0.1, -0.05) is 23.9 Å². The summed E-state index contributed by atoms with van der Waals surface area (Å²) in [4.78, 5) is 13.1. The van der Waals surface area contributed by atoms with E-state index < -0.39 is 0 Å². The van der Waals surface area contributed by atoms with Gasteiger partial charge in [-0.25, -0.2) is 4.39 Å². The summed E-state index contributed by atoms with van der Waals surface area (Å²) in [6.07, 6.45) is 0. The molecule has 0 aliphatic heterocycles. The van der Waals surface area contributed by atoms with Crippen LogP contribution in [0.25, 0.3) is 11.4 Å². The number of rotatable bonds is 4. The van der Waals surface area contributed by atoms with E-state index in [1.807, 2.05) is 0 Å². The Bertz CT molecular complexity index is 627. The van der Waals surface area contributed by atoms with Crippen molar-refractivity contribution in [2.24, 2.45) is 7.05 Å². The van der Waals surface area contributed by atoms with Crippen molar-refractivity contribution in [3.05, 3.63) is 30.1 Å². The van der Waals surface area contributed by atoms with Gasteiger partial charge in [0, 0.05) is 21.1 Å². The highest BCUT2D eigenvalue weighted by atomic mass is 32.2. The molecule has 0 aliphatic carbocycles.